The molecule has 0 aromatic carbocycles. The Balaban J connectivity index is 2.60. The molecule has 0 bridgehead atoms. The first-order valence-electron chi connectivity index (χ1n) is 5.51. The van der Waals surface area contributed by atoms with Crippen LogP contribution in [0.25, 0.3) is 0 Å². The Kier molecular flexibility index (Phi) is 3.87. The van der Waals surface area contributed by atoms with Gasteiger partial charge in [0, 0.05) is 13.1 Å². The van der Waals surface area contributed by atoms with Crippen LogP contribution in [0.3, 0.4) is 0 Å². The third-order valence-electron chi connectivity index (χ3n) is 3.61. The van der Waals surface area contributed by atoms with E-state index in [0.717, 1.165) is 19.5 Å². The van der Waals surface area contributed by atoms with Gasteiger partial charge in [0.1, 0.15) is 0 Å². The van der Waals surface area contributed by atoms with E-state index in [1.165, 1.54) is 12.8 Å². The maximum Gasteiger partial charge on any atom is 0.235 e. The molecule has 1 fully saturated rings. The summed E-state index contributed by atoms with van der Waals surface area (Å²) < 4.78 is 0. The van der Waals surface area contributed by atoms with E-state index >= 15 is 0 Å². The fourth-order valence-corrected chi connectivity index (χ4v) is 2.38. The van der Waals surface area contributed by atoms with Gasteiger partial charge in [-0.1, -0.05) is 13.8 Å². The predicted molar refractivity (Wildman–Crippen MR) is 62.7 cm³/mol. The van der Waals surface area contributed by atoms with Crippen molar-refractivity contribution < 1.29 is 4.79 Å². The molecule has 1 unspecified atom stereocenters. The lowest BCUT2D eigenvalue weighted by molar-refractivity contribution is -0.129. The molecule has 0 spiro atoms. The van der Waals surface area contributed by atoms with Gasteiger partial charge in [-0.2, -0.15) is 12.6 Å². The highest BCUT2D eigenvalue weighted by molar-refractivity contribution is 7.81. The molecule has 2 nitrogen and oxygen atoms in total. The van der Waals surface area contributed by atoms with Crippen LogP contribution in [-0.2, 0) is 4.79 Å². The minimum atomic E-state index is -0.153. The van der Waals surface area contributed by atoms with E-state index in [1.54, 1.807) is 0 Å². The first-order chi connectivity index (χ1) is 6.54. The van der Waals surface area contributed by atoms with Gasteiger partial charge in [-0.05, 0) is 31.6 Å². The van der Waals surface area contributed by atoms with Crippen molar-refractivity contribution in [3.8, 4) is 0 Å². The van der Waals surface area contributed by atoms with Gasteiger partial charge in [0.2, 0.25) is 5.91 Å². The third kappa shape index (κ3) is 2.25. The molecule has 3 heteroatoms. The van der Waals surface area contributed by atoms with E-state index in [4.69, 9.17) is 0 Å². The number of hydrogen-bond donors (Lipinski definition) is 1. The van der Waals surface area contributed by atoms with Gasteiger partial charge in [-0.15, -0.1) is 0 Å². The molecule has 0 aliphatic carbocycles. The Labute approximate surface area is 92.5 Å². The van der Waals surface area contributed by atoms with Crippen molar-refractivity contribution in [1.29, 1.82) is 0 Å². The number of amides is 1. The molecule has 1 amide bonds. The lowest BCUT2D eigenvalue weighted by atomic mass is 9.82. The minimum Gasteiger partial charge on any atom is -0.341 e. The second kappa shape index (κ2) is 4.56. The van der Waals surface area contributed by atoms with Crippen molar-refractivity contribution in [2.75, 3.05) is 13.1 Å². The molecule has 0 saturated carbocycles. The Bertz CT molecular complexity index is 211. The summed E-state index contributed by atoms with van der Waals surface area (Å²) in [6, 6.07) is 0. The van der Waals surface area contributed by atoms with Gasteiger partial charge in [-0.3, -0.25) is 4.79 Å². The highest BCUT2D eigenvalue weighted by atomic mass is 32.1. The Morgan fingerprint density at radius 3 is 2.43 bits per heavy atom. The van der Waals surface area contributed by atoms with Crippen molar-refractivity contribution in [2.45, 2.75) is 45.3 Å². The highest BCUT2D eigenvalue weighted by Crippen LogP contribution is 2.37. The molecule has 14 heavy (non-hydrogen) atoms. The molecule has 1 saturated heterocycles. The number of nitrogens with zero attached hydrogens (tertiary/aromatic N) is 1. The lowest BCUT2D eigenvalue weighted by Gasteiger charge is -2.26. The molecular formula is C11H21NOS. The second-order valence-electron chi connectivity index (χ2n) is 4.39. The summed E-state index contributed by atoms with van der Waals surface area (Å²) in [5.41, 5.74) is 0.387. The van der Waals surface area contributed by atoms with Crippen LogP contribution >= 0.6 is 12.6 Å². The quantitative estimate of drug-likeness (QED) is 0.717. The van der Waals surface area contributed by atoms with Crippen molar-refractivity contribution in [2.24, 2.45) is 5.41 Å². The SMILES string of the molecule is CCC1(CC)CCN(C(=O)C(C)S)C1. The van der Waals surface area contributed by atoms with Crippen molar-refractivity contribution in [3.05, 3.63) is 0 Å². The summed E-state index contributed by atoms with van der Waals surface area (Å²) in [4.78, 5) is 13.7. The highest BCUT2D eigenvalue weighted by Gasteiger charge is 2.37. The average molecular weight is 215 g/mol. The first kappa shape index (κ1) is 11.9. The van der Waals surface area contributed by atoms with Gasteiger partial charge >= 0.3 is 0 Å². The zero-order valence-electron chi connectivity index (χ0n) is 9.42. The Morgan fingerprint density at radius 2 is 2.07 bits per heavy atom. The van der Waals surface area contributed by atoms with Crippen LogP contribution < -0.4 is 0 Å². The number of hydrogen-bond acceptors (Lipinski definition) is 2. The van der Waals surface area contributed by atoms with Crippen LogP contribution in [0.1, 0.15) is 40.0 Å². The molecule has 1 heterocycles. The Morgan fingerprint density at radius 1 is 1.50 bits per heavy atom. The first-order valence-corrected chi connectivity index (χ1v) is 6.03. The van der Waals surface area contributed by atoms with Gasteiger partial charge < -0.3 is 4.90 Å². The summed E-state index contributed by atoms with van der Waals surface area (Å²) in [5.74, 6) is 0.192. The monoisotopic (exact) mass is 215 g/mol. The molecule has 1 atom stereocenters. The zero-order chi connectivity index (χ0) is 10.8. The van der Waals surface area contributed by atoms with Crippen LogP contribution in [0.4, 0.5) is 0 Å². The van der Waals surface area contributed by atoms with E-state index in [0.29, 0.717) is 5.41 Å². The fourth-order valence-electron chi connectivity index (χ4n) is 2.21. The summed E-state index contributed by atoms with van der Waals surface area (Å²) in [5, 5.41) is -0.153. The van der Waals surface area contributed by atoms with E-state index in [1.807, 2.05) is 11.8 Å². The van der Waals surface area contributed by atoms with Crippen LogP contribution in [0, 0.1) is 5.41 Å². The van der Waals surface area contributed by atoms with Gasteiger partial charge in [0.05, 0.1) is 5.25 Å². The van der Waals surface area contributed by atoms with E-state index < -0.39 is 0 Å². The standard InChI is InChI=1S/C11H21NOS/c1-4-11(5-2)6-7-12(8-11)10(13)9(3)14/h9,14H,4-8H2,1-3H3. The van der Waals surface area contributed by atoms with E-state index in [-0.39, 0.29) is 11.2 Å². The average Bonchev–Trinajstić information content (AvgIpc) is 2.61. The molecule has 1 aliphatic heterocycles. The van der Waals surface area contributed by atoms with E-state index in [2.05, 4.69) is 26.5 Å². The van der Waals surface area contributed by atoms with Gasteiger partial charge in [0.15, 0.2) is 0 Å². The summed E-state index contributed by atoms with van der Waals surface area (Å²) in [6.07, 6.45) is 3.51. The molecule has 0 radical (unpaired) electrons. The van der Waals surface area contributed by atoms with Crippen molar-refractivity contribution >= 4 is 18.5 Å². The number of likely N-dealkylation sites (tertiary alicyclic amines) is 1. The number of carbonyl (C=O) groups is 1. The minimum absolute atomic E-state index is 0.153. The van der Waals surface area contributed by atoms with Crippen molar-refractivity contribution in [3.63, 3.8) is 0 Å². The fraction of sp³-hybridized carbons (Fsp3) is 0.909. The normalized spacial score (nSPS) is 22.4. The van der Waals surface area contributed by atoms with Crippen LogP contribution in [-0.4, -0.2) is 29.1 Å². The number of rotatable bonds is 3. The summed E-state index contributed by atoms with van der Waals surface area (Å²) in [6.45, 7) is 8.15. The lowest BCUT2D eigenvalue weighted by Crippen LogP contribution is -2.35. The Hall–Kier alpha value is -0.180. The van der Waals surface area contributed by atoms with Crippen molar-refractivity contribution in [1.82, 2.24) is 4.90 Å². The molecular weight excluding hydrogens is 194 g/mol. The van der Waals surface area contributed by atoms with Crippen LogP contribution in [0.15, 0.2) is 0 Å². The smallest absolute Gasteiger partial charge is 0.235 e. The molecule has 1 aliphatic rings. The number of thiol groups is 1. The van der Waals surface area contributed by atoms with E-state index in [9.17, 15) is 4.79 Å². The molecule has 1 rings (SSSR count). The summed E-state index contributed by atoms with van der Waals surface area (Å²) >= 11 is 4.19. The molecule has 0 N–H and O–H groups in total. The molecule has 0 aromatic heterocycles. The van der Waals surface area contributed by atoms with Gasteiger partial charge in [0.25, 0.3) is 0 Å². The summed E-state index contributed by atoms with van der Waals surface area (Å²) in [7, 11) is 0. The number of carbonyl (C=O) groups excluding carboxylic acids is 1. The maximum atomic E-state index is 11.7. The van der Waals surface area contributed by atoms with Gasteiger partial charge in [-0.25, -0.2) is 0 Å². The topological polar surface area (TPSA) is 20.3 Å². The second-order valence-corrected chi connectivity index (χ2v) is 5.17. The largest absolute Gasteiger partial charge is 0.341 e. The molecule has 0 aromatic rings. The molecule has 82 valence electrons. The van der Waals surface area contributed by atoms with Crippen LogP contribution in [0.2, 0.25) is 0 Å². The third-order valence-corrected chi connectivity index (χ3v) is 3.83. The maximum absolute atomic E-state index is 11.7. The predicted octanol–water partition coefficient (Wildman–Crippen LogP) is 2.34. The zero-order valence-corrected chi connectivity index (χ0v) is 10.3. The van der Waals surface area contributed by atoms with Crippen LogP contribution in [0.5, 0.6) is 0 Å².